The van der Waals surface area contributed by atoms with E-state index < -0.39 is 0 Å². The van der Waals surface area contributed by atoms with E-state index in [0.717, 1.165) is 6.54 Å². The van der Waals surface area contributed by atoms with Crippen molar-refractivity contribution >= 4 is 5.69 Å². The van der Waals surface area contributed by atoms with E-state index in [1.807, 2.05) is 7.05 Å². The van der Waals surface area contributed by atoms with Crippen molar-refractivity contribution in [2.75, 3.05) is 25.1 Å². The second-order valence-corrected chi connectivity index (χ2v) is 5.88. The van der Waals surface area contributed by atoms with E-state index in [1.165, 1.54) is 16.8 Å². The Kier molecular flexibility index (Phi) is 5.17. The molecule has 2 N–H and O–H groups in total. The fourth-order valence-corrected chi connectivity index (χ4v) is 1.86. The Balaban J connectivity index is 2.89. The lowest BCUT2D eigenvalue weighted by molar-refractivity contribution is 0.304. The summed E-state index contributed by atoms with van der Waals surface area (Å²) in [6, 6.07) is 6.45. The number of benzene rings is 1. The Morgan fingerprint density at radius 2 is 1.94 bits per heavy atom. The number of nitrogens with zero attached hydrogens (tertiary/aromatic N) is 1. The molecule has 1 aromatic rings. The number of aliphatic hydroxyl groups is 1. The number of nitrogens with one attached hydrogen (secondary N) is 1. The predicted octanol–water partition coefficient (Wildman–Crippen LogP) is 2.31. The smallest absolute Gasteiger partial charge is 0.0606 e. The van der Waals surface area contributed by atoms with Gasteiger partial charge < -0.3 is 15.3 Å². The van der Waals surface area contributed by atoms with E-state index in [0.29, 0.717) is 6.54 Å². The van der Waals surface area contributed by atoms with Crippen molar-refractivity contribution in [3.63, 3.8) is 0 Å². The van der Waals surface area contributed by atoms with Crippen LogP contribution in [0.3, 0.4) is 0 Å². The number of anilines is 1. The van der Waals surface area contributed by atoms with Gasteiger partial charge in [0.15, 0.2) is 0 Å². The van der Waals surface area contributed by atoms with Gasteiger partial charge in [-0.25, -0.2) is 0 Å². The van der Waals surface area contributed by atoms with Gasteiger partial charge in [-0.3, -0.25) is 0 Å². The minimum atomic E-state index is 0.108. The van der Waals surface area contributed by atoms with Gasteiger partial charge in [0.25, 0.3) is 0 Å². The van der Waals surface area contributed by atoms with Crippen LogP contribution in [0.2, 0.25) is 0 Å². The molecule has 0 aliphatic heterocycles. The lowest BCUT2D eigenvalue weighted by Crippen LogP contribution is -2.35. The van der Waals surface area contributed by atoms with Gasteiger partial charge in [-0.05, 0) is 39.3 Å². The van der Waals surface area contributed by atoms with Crippen molar-refractivity contribution in [1.29, 1.82) is 0 Å². The van der Waals surface area contributed by atoms with Crippen molar-refractivity contribution in [1.82, 2.24) is 5.32 Å². The highest BCUT2D eigenvalue weighted by Crippen LogP contribution is 2.21. The van der Waals surface area contributed by atoms with E-state index in [1.54, 1.807) is 0 Å². The molecule has 0 radical (unpaired) electrons. The summed E-state index contributed by atoms with van der Waals surface area (Å²) in [5.74, 6) is 0. The third kappa shape index (κ3) is 4.67. The average molecular weight is 250 g/mol. The number of rotatable bonds is 5. The topological polar surface area (TPSA) is 35.5 Å². The first-order valence-corrected chi connectivity index (χ1v) is 6.50. The molecule has 0 fully saturated rings. The molecule has 0 heterocycles. The van der Waals surface area contributed by atoms with Gasteiger partial charge in [-0.2, -0.15) is 0 Å². The van der Waals surface area contributed by atoms with Crippen LogP contribution in [-0.4, -0.2) is 30.8 Å². The molecule has 1 rings (SSSR count). The highest BCUT2D eigenvalue weighted by atomic mass is 16.3. The first kappa shape index (κ1) is 15.0. The van der Waals surface area contributed by atoms with Crippen LogP contribution in [-0.2, 0) is 6.54 Å². The molecule has 0 saturated heterocycles. The van der Waals surface area contributed by atoms with Crippen LogP contribution >= 0.6 is 0 Å². The van der Waals surface area contributed by atoms with Crippen molar-refractivity contribution in [3.8, 4) is 0 Å². The number of likely N-dealkylation sites (N-methyl/N-ethyl adjacent to an activating group) is 1. The summed E-state index contributed by atoms with van der Waals surface area (Å²) >= 11 is 0. The van der Waals surface area contributed by atoms with Gasteiger partial charge in [-0.1, -0.05) is 17.7 Å². The molecule has 0 bridgehead atoms. The van der Waals surface area contributed by atoms with Crippen LogP contribution < -0.4 is 10.2 Å². The van der Waals surface area contributed by atoms with Crippen LogP contribution in [0.4, 0.5) is 5.69 Å². The lowest BCUT2D eigenvalue weighted by atomic mass is 10.1. The zero-order valence-electron chi connectivity index (χ0n) is 12.2. The fourth-order valence-electron chi connectivity index (χ4n) is 1.86. The SMILES string of the molecule is Cc1ccc(N(C)CCO)c(CNC(C)(C)C)c1. The summed E-state index contributed by atoms with van der Waals surface area (Å²) in [5, 5.41) is 12.6. The maximum absolute atomic E-state index is 9.05. The second kappa shape index (κ2) is 6.21. The molecule has 3 heteroatoms. The summed E-state index contributed by atoms with van der Waals surface area (Å²) in [5.41, 5.74) is 3.84. The van der Waals surface area contributed by atoms with Crippen LogP contribution in [0, 0.1) is 6.92 Å². The number of aryl methyl sites for hydroxylation is 1. The van der Waals surface area contributed by atoms with E-state index in [2.05, 4.69) is 56.1 Å². The van der Waals surface area contributed by atoms with E-state index in [4.69, 9.17) is 5.11 Å². The number of aliphatic hydroxyl groups excluding tert-OH is 1. The van der Waals surface area contributed by atoms with E-state index in [-0.39, 0.29) is 12.1 Å². The zero-order valence-corrected chi connectivity index (χ0v) is 12.2. The quantitative estimate of drug-likeness (QED) is 0.842. The Labute approximate surface area is 111 Å². The fraction of sp³-hybridized carbons (Fsp3) is 0.600. The second-order valence-electron chi connectivity index (χ2n) is 5.88. The van der Waals surface area contributed by atoms with E-state index >= 15 is 0 Å². The molecule has 0 aliphatic rings. The molecule has 18 heavy (non-hydrogen) atoms. The van der Waals surface area contributed by atoms with Crippen LogP contribution in [0.25, 0.3) is 0 Å². The Hall–Kier alpha value is -1.06. The molecule has 0 aliphatic carbocycles. The molecular weight excluding hydrogens is 224 g/mol. The summed E-state index contributed by atoms with van der Waals surface area (Å²) in [6.45, 7) is 10.3. The third-order valence-electron chi connectivity index (χ3n) is 2.89. The Morgan fingerprint density at radius 3 is 2.50 bits per heavy atom. The monoisotopic (exact) mass is 250 g/mol. The Bertz CT molecular complexity index is 383. The van der Waals surface area contributed by atoms with Crippen LogP contribution in [0.5, 0.6) is 0 Å². The predicted molar refractivity (Wildman–Crippen MR) is 78.1 cm³/mol. The molecular formula is C15H26N2O. The molecule has 0 spiro atoms. The van der Waals surface area contributed by atoms with Gasteiger partial charge >= 0.3 is 0 Å². The number of hydrogen-bond donors (Lipinski definition) is 2. The molecule has 0 amide bonds. The third-order valence-corrected chi connectivity index (χ3v) is 2.89. The van der Waals surface area contributed by atoms with Crippen molar-refractivity contribution in [2.24, 2.45) is 0 Å². The van der Waals surface area contributed by atoms with Crippen molar-refractivity contribution in [2.45, 2.75) is 39.8 Å². The normalized spacial score (nSPS) is 11.7. The zero-order chi connectivity index (χ0) is 13.8. The molecule has 3 nitrogen and oxygen atoms in total. The summed E-state index contributed by atoms with van der Waals surface area (Å²) in [6.07, 6.45) is 0. The van der Waals surface area contributed by atoms with Crippen molar-refractivity contribution in [3.05, 3.63) is 29.3 Å². The summed E-state index contributed by atoms with van der Waals surface area (Å²) in [4.78, 5) is 2.10. The Morgan fingerprint density at radius 1 is 1.28 bits per heavy atom. The van der Waals surface area contributed by atoms with Gasteiger partial charge in [0, 0.05) is 31.4 Å². The molecule has 0 aromatic heterocycles. The highest BCUT2D eigenvalue weighted by molar-refractivity contribution is 5.54. The standard InChI is InChI=1S/C15H26N2O/c1-12-6-7-14(17(5)8-9-18)13(10-12)11-16-15(2,3)4/h6-7,10,16,18H,8-9,11H2,1-5H3. The van der Waals surface area contributed by atoms with Gasteiger partial charge in [0.2, 0.25) is 0 Å². The highest BCUT2D eigenvalue weighted by Gasteiger charge is 2.12. The maximum Gasteiger partial charge on any atom is 0.0606 e. The number of hydrogen-bond acceptors (Lipinski definition) is 3. The first-order chi connectivity index (χ1) is 8.33. The van der Waals surface area contributed by atoms with Crippen LogP contribution in [0.15, 0.2) is 18.2 Å². The van der Waals surface area contributed by atoms with Gasteiger partial charge in [0.05, 0.1) is 6.61 Å². The summed E-state index contributed by atoms with van der Waals surface area (Å²) < 4.78 is 0. The molecule has 0 saturated carbocycles. The molecule has 102 valence electrons. The van der Waals surface area contributed by atoms with Gasteiger partial charge in [0.1, 0.15) is 0 Å². The van der Waals surface area contributed by atoms with Crippen LogP contribution in [0.1, 0.15) is 31.9 Å². The molecule has 0 unspecified atom stereocenters. The van der Waals surface area contributed by atoms with E-state index in [9.17, 15) is 0 Å². The minimum Gasteiger partial charge on any atom is -0.395 e. The lowest BCUT2D eigenvalue weighted by Gasteiger charge is -2.25. The summed E-state index contributed by atoms with van der Waals surface area (Å²) in [7, 11) is 2.02. The molecule has 1 aromatic carbocycles. The minimum absolute atomic E-state index is 0.108. The molecule has 0 atom stereocenters. The van der Waals surface area contributed by atoms with Crippen molar-refractivity contribution < 1.29 is 5.11 Å². The maximum atomic E-state index is 9.05. The first-order valence-electron chi connectivity index (χ1n) is 6.50. The van der Waals surface area contributed by atoms with Gasteiger partial charge in [-0.15, -0.1) is 0 Å². The average Bonchev–Trinajstić information content (AvgIpc) is 2.25. The largest absolute Gasteiger partial charge is 0.395 e.